The predicted octanol–water partition coefficient (Wildman–Crippen LogP) is -3.57. The molecular weight excluding hydrogens is 113 g/mol. The fraction of sp³-hybridized carbons (Fsp3) is 0.800. The van der Waals surface area contributed by atoms with Crippen LogP contribution in [0.3, 0.4) is 0 Å². The quantitative estimate of drug-likeness (QED) is 0.311. The van der Waals surface area contributed by atoms with Gasteiger partial charge in [-0.3, -0.25) is 0 Å². The fourth-order valence-electron chi connectivity index (χ4n) is 0.900. The molecule has 46 valence electrons. The van der Waals surface area contributed by atoms with E-state index in [9.17, 15) is 9.90 Å². The van der Waals surface area contributed by atoms with Gasteiger partial charge >= 0.3 is 18.9 Å². The number of amides is 1. The summed E-state index contributed by atoms with van der Waals surface area (Å²) in [7, 11) is 0. The Kier molecular flexibility index (Phi) is 3.75. The van der Waals surface area contributed by atoms with Gasteiger partial charge in [-0.1, -0.05) is 0 Å². The second kappa shape index (κ2) is 3.81. The topological polar surface area (TPSA) is 43.4 Å². The summed E-state index contributed by atoms with van der Waals surface area (Å²) in [5, 5.41) is 10.0. The van der Waals surface area contributed by atoms with Gasteiger partial charge in [0.2, 0.25) is 0 Å². The minimum absolute atomic E-state index is 0. The van der Waals surface area contributed by atoms with Gasteiger partial charge in [-0.15, -0.1) is 0 Å². The number of hydrogen-bond donors (Lipinski definition) is 0. The molecule has 0 aliphatic carbocycles. The number of carboxylic acid groups (broad SMARTS) is 1. The first-order chi connectivity index (χ1) is 3.80. The predicted molar refractivity (Wildman–Crippen MR) is 26.2 cm³/mol. The van der Waals surface area contributed by atoms with Crippen molar-refractivity contribution in [3.8, 4) is 0 Å². The van der Waals surface area contributed by atoms with Crippen molar-refractivity contribution in [3.63, 3.8) is 0 Å². The van der Waals surface area contributed by atoms with E-state index in [1.54, 1.807) is 0 Å². The van der Waals surface area contributed by atoms with E-state index in [0.717, 1.165) is 12.8 Å². The first kappa shape index (κ1) is 8.87. The van der Waals surface area contributed by atoms with Gasteiger partial charge in [0.25, 0.3) is 0 Å². The van der Waals surface area contributed by atoms with Crippen molar-refractivity contribution in [2.45, 2.75) is 12.8 Å². The normalized spacial score (nSPS) is 17.1. The van der Waals surface area contributed by atoms with E-state index in [2.05, 4.69) is 0 Å². The van der Waals surface area contributed by atoms with Crippen LogP contribution < -0.4 is 24.0 Å². The number of nitrogens with zero attached hydrogens (tertiary/aromatic N) is 1. The molecular formula is C5H8LiNO2. The molecule has 3 nitrogen and oxygen atoms in total. The molecule has 0 bridgehead atoms. The first-order valence-electron chi connectivity index (χ1n) is 2.76. The molecule has 1 aliphatic rings. The molecule has 0 N–H and O–H groups in total. The summed E-state index contributed by atoms with van der Waals surface area (Å²) in [4.78, 5) is 11.3. The van der Waals surface area contributed by atoms with Crippen LogP contribution in [0, 0.1) is 0 Å². The summed E-state index contributed by atoms with van der Waals surface area (Å²) >= 11 is 0. The third-order valence-electron chi connectivity index (χ3n) is 1.36. The maximum Gasteiger partial charge on any atom is 1.00 e. The van der Waals surface area contributed by atoms with Crippen molar-refractivity contribution in [1.29, 1.82) is 0 Å². The smallest absolute Gasteiger partial charge is 0.530 e. The number of rotatable bonds is 0. The monoisotopic (exact) mass is 121 g/mol. The Balaban J connectivity index is 0.000000640. The van der Waals surface area contributed by atoms with Crippen LogP contribution >= 0.6 is 0 Å². The summed E-state index contributed by atoms with van der Waals surface area (Å²) in [6.07, 6.45) is 0.963. The van der Waals surface area contributed by atoms with Crippen LogP contribution in [-0.4, -0.2) is 24.1 Å². The molecule has 0 unspecified atom stereocenters. The van der Waals surface area contributed by atoms with Gasteiger partial charge in [0.1, 0.15) is 6.09 Å². The van der Waals surface area contributed by atoms with Crippen molar-refractivity contribution in [1.82, 2.24) is 4.90 Å². The second-order valence-corrected chi connectivity index (χ2v) is 1.96. The van der Waals surface area contributed by atoms with Gasteiger partial charge in [-0.2, -0.15) is 0 Å². The van der Waals surface area contributed by atoms with Gasteiger partial charge in [0, 0.05) is 13.1 Å². The minimum atomic E-state index is -1.03. The summed E-state index contributed by atoms with van der Waals surface area (Å²) in [5.74, 6) is 0. The Bertz CT molecular complexity index is 101. The number of hydrogen-bond acceptors (Lipinski definition) is 2. The third-order valence-corrected chi connectivity index (χ3v) is 1.36. The van der Waals surface area contributed by atoms with Crippen molar-refractivity contribution in [3.05, 3.63) is 0 Å². The molecule has 1 heterocycles. The van der Waals surface area contributed by atoms with E-state index in [1.165, 1.54) is 4.90 Å². The summed E-state index contributed by atoms with van der Waals surface area (Å²) < 4.78 is 0. The Hall–Kier alpha value is -0.133. The summed E-state index contributed by atoms with van der Waals surface area (Å²) in [6, 6.07) is 0. The molecule has 0 saturated carbocycles. The molecule has 1 fully saturated rings. The van der Waals surface area contributed by atoms with Gasteiger partial charge in [-0.05, 0) is 12.8 Å². The van der Waals surface area contributed by atoms with E-state index < -0.39 is 6.09 Å². The largest absolute Gasteiger partial charge is 1.00 e. The number of carbonyl (C=O) groups excluding carboxylic acids is 1. The van der Waals surface area contributed by atoms with Gasteiger partial charge < -0.3 is 14.8 Å². The zero-order chi connectivity index (χ0) is 5.98. The molecule has 1 amide bonds. The molecule has 4 heteroatoms. The Morgan fingerprint density at radius 2 is 1.78 bits per heavy atom. The zero-order valence-electron chi connectivity index (χ0n) is 5.59. The van der Waals surface area contributed by atoms with E-state index >= 15 is 0 Å². The fourth-order valence-corrected chi connectivity index (χ4v) is 0.900. The molecule has 1 rings (SSSR count). The molecule has 1 aliphatic heterocycles. The van der Waals surface area contributed by atoms with Gasteiger partial charge in [0.15, 0.2) is 0 Å². The SMILES string of the molecule is O=C([O-])N1CCCC1.[Li+]. The van der Waals surface area contributed by atoms with E-state index in [0.29, 0.717) is 13.1 Å². The Morgan fingerprint density at radius 3 is 2.00 bits per heavy atom. The summed E-state index contributed by atoms with van der Waals surface area (Å²) in [6.45, 7) is 1.34. The van der Waals surface area contributed by atoms with E-state index in [4.69, 9.17) is 0 Å². The van der Waals surface area contributed by atoms with Crippen molar-refractivity contribution < 1.29 is 28.8 Å². The van der Waals surface area contributed by atoms with Crippen molar-refractivity contribution >= 4 is 6.09 Å². The van der Waals surface area contributed by atoms with Crippen LogP contribution in [0.4, 0.5) is 4.79 Å². The zero-order valence-corrected chi connectivity index (χ0v) is 5.59. The summed E-state index contributed by atoms with van der Waals surface area (Å²) in [5.41, 5.74) is 0. The van der Waals surface area contributed by atoms with E-state index in [-0.39, 0.29) is 18.9 Å². The van der Waals surface area contributed by atoms with Crippen LogP contribution in [0.1, 0.15) is 12.8 Å². The molecule has 0 aromatic carbocycles. The third kappa shape index (κ3) is 2.29. The Labute approximate surface area is 66.2 Å². The van der Waals surface area contributed by atoms with Gasteiger partial charge in [0.05, 0.1) is 0 Å². The van der Waals surface area contributed by atoms with Crippen molar-refractivity contribution in [2.75, 3.05) is 13.1 Å². The van der Waals surface area contributed by atoms with Crippen LogP contribution in [-0.2, 0) is 0 Å². The van der Waals surface area contributed by atoms with Gasteiger partial charge in [-0.25, -0.2) is 0 Å². The first-order valence-corrected chi connectivity index (χ1v) is 2.76. The number of carbonyl (C=O) groups is 1. The van der Waals surface area contributed by atoms with Crippen molar-refractivity contribution in [2.24, 2.45) is 0 Å². The van der Waals surface area contributed by atoms with Crippen LogP contribution in [0.25, 0.3) is 0 Å². The standard InChI is InChI=1S/C5H9NO2.Li/c7-5(8)6-3-1-2-4-6;/h1-4H2,(H,7,8);/q;+1/p-1. The second-order valence-electron chi connectivity index (χ2n) is 1.96. The maximum atomic E-state index is 10.0. The average molecular weight is 121 g/mol. The maximum absolute atomic E-state index is 10.0. The molecule has 0 atom stereocenters. The average Bonchev–Trinajstić information content (AvgIpc) is 2.12. The van der Waals surface area contributed by atoms with E-state index in [1.807, 2.05) is 0 Å². The molecule has 0 aromatic rings. The van der Waals surface area contributed by atoms with Crippen LogP contribution in [0.15, 0.2) is 0 Å². The molecule has 0 radical (unpaired) electrons. The molecule has 0 aromatic heterocycles. The van der Waals surface area contributed by atoms with Crippen LogP contribution in [0.2, 0.25) is 0 Å². The van der Waals surface area contributed by atoms with Crippen LogP contribution in [0.5, 0.6) is 0 Å². The Morgan fingerprint density at radius 1 is 1.33 bits per heavy atom. The molecule has 0 spiro atoms. The molecule has 1 saturated heterocycles. The minimum Gasteiger partial charge on any atom is -0.530 e. The molecule has 9 heavy (non-hydrogen) atoms. The number of likely N-dealkylation sites (tertiary alicyclic amines) is 1.